The third kappa shape index (κ3) is 2.09. The molecule has 1 heterocycles. The fourth-order valence-corrected chi connectivity index (χ4v) is 3.74. The molecule has 1 aromatic heterocycles. The van der Waals surface area contributed by atoms with E-state index < -0.39 is 15.6 Å². The summed E-state index contributed by atoms with van der Waals surface area (Å²) in [6.45, 7) is -0.184. The Morgan fingerprint density at radius 1 is 1.42 bits per heavy atom. The van der Waals surface area contributed by atoms with Crippen LogP contribution in [0, 0.1) is 0 Å². The van der Waals surface area contributed by atoms with Gasteiger partial charge in [-0.2, -0.15) is 0 Å². The summed E-state index contributed by atoms with van der Waals surface area (Å²) in [4.78, 5) is 3.07. The minimum Gasteiger partial charge on any atom is -0.399 e. The molecule has 102 valence electrons. The van der Waals surface area contributed by atoms with Crippen LogP contribution in [0.25, 0.3) is 10.9 Å². The molecule has 1 aromatic carbocycles. The molecular formula is C12H15N3O3S. The van der Waals surface area contributed by atoms with Crippen LogP contribution in [0.15, 0.2) is 29.3 Å². The van der Waals surface area contributed by atoms with E-state index in [1.165, 1.54) is 6.20 Å². The summed E-state index contributed by atoms with van der Waals surface area (Å²) in [6.07, 6.45) is 2.76. The summed E-state index contributed by atoms with van der Waals surface area (Å²) in [6, 6.07) is 5.07. The summed E-state index contributed by atoms with van der Waals surface area (Å²) in [5.74, 6) is 0. The topological polar surface area (TPSA) is 108 Å². The molecule has 1 fully saturated rings. The maximum absolute atomic E-state index is 12.4. The molecule has 19 heavy (non-hydrogen) atoms. The molecule has 0 amide bonds. The Hall–Kier alpha value is -1.57. The molecule has 1 saturated carbocycles. The van der Waals surface area contributed by atoms with Crippen molar-refractivity contribution in [2.24, 2.45) is 0 Å². The minimum atomic E-state index is -3.66. The molecule has 0 unspecified atom stereocenters. The molecule has 7 heteroatoms. The Morgan fingerprint density at radius 3 is 2.79 bits per heavy atom. The number of H-pyrrole nitrogens is 1. The van der Waals surface area contributed by atoms with Crippen molar-refractivity contribution in [2.45, 2.75) is 23.3 Å². The number of nitrogens with one attached hydrogen (secondary N) is 2. The second-order valence-corrected chi connectivity index (χ2v) is 6.65. The van der Waals surface area contributed by atoms with E-state index in [9.17, 15) is 13.5 Å². The Bertz CT molecular complexity index is 732. The normalized spacial score (nSPS) is 17.7. The molecule has 3 rings (SSSR count). The van der Waals surface area contributed by atoms with Crippen molar-refractivity contribution in [3.05, 3.63) is 24.4 Å². The van der Waals surface area contributed by atoms with Gasteiger partial charge in [-0.05, 0) is 31.0 Å². The van der Waals surface area contributed by atoms with Gasteiger partial charge in [0.25, 0.3) is 0 Å². The smallest absolute Gasteiger partial charge is 0.243 e. The predicted octanol–water partition coefficient (Wildman–Crippen LogP) is 0.553. The van der Waals surface area contributed by atoms with Crippen molar-refractivity contribution in [2.75, 3.05) is 12.3 Å². The number of hydrogen-bond acceptors (Lipinski definition) is 4. The number of aromatic nitrogens is 1. The molecule has 0 radical (unpaired) electrons. The first-order valence-corrected chi connectivity index (χ1v) is 7.46. The molecule has 0 spiro atoms. The van der Waals surface area contributed by atoms with Crippen molar-refractivity contribution in [3.8, 4) is 0 Å². The molecule has 0 aliphatic heterocycles. The van der Waals surface area contributed by atoms with Gasteiger partial charge in [-0.25, -0.2) is 13.1 Å². The average molecular weight is 281 g/mol. The second-order valence-electron chi connectivity index (χ2n) is 5.00. The maximum Gasteiger partial charge on any atom is 0.243 e. The van der Waals surface area contributed by atoms with E-state index in [0.29, 0.717) is 29.4 Å². The summed E-state index contributed by atoms with van der Waals surface area (Å²) < 4.78 is 27.3. The van der Waals surface area contributed by atoms with Gasteiger partial charge in [0.15, 0.2) is 0 Å². The fourth-order valence-electron chi connectivity index (χ4n) is 2.12. The molecule has 2 aromatic rings. The zero-order valence-corrected chi connectivity index (χ0v) is 11.0. The van der Waals surface area contributed by atoms with Crippen LogP contribution in [0.5, 0.6) is 0 Å². The lowest BCUT2D eigenvalue weighted by atomic mass is 10.2. The monoisotopic (exact) mass is 281 g/mol. The third-order valence-electron chi connectivity index (χ3n) is 3.46. The molecule has 1 aliphatic carbocycles. The van der Waals surface area contributed by atoms with Gasteiger partial charge in [0, 0.05) is 22.8 Å². The van der Waals surface area contributed by atoms with Gasteiger partial charge < -0.3 is 15.8 Å². The van der Waals surface area contributed by atoms with Gasteiger partial charge in [0.2, 0.25) is 10.0 Å². The first-order valence-electron chi connectivity index (χ1n) is 5.97. The van der Waals surface area contributed by atoms with Gasteiger partial charge >= 0.3 is 0 Å². The summed E-state index contributed by atoms with van der Waals surface area (Å²) in [7, 11) is -3.66. The molecule has 0 bridgehead atoms. The number of hydrogen-bond donors (Lipinski definition) is 4. The zero-order valence-electron chi connectivity index (χ0n) is 10.2. The highest BCUT2D eigenvalue weighted by Gasteiger charge is 2.45. The predicted molar refractivity (Wildman–Crippen MR) is 72.1 cm³/mol. The average Bonchev–Trinajstić information content (AvgIpc) is 2.98. The molecule has 6 nitrogen and oxygen atoms in total. The molecule has 0 saturated heterocycles. The Morgan fingerprint density at radius 2 is 2.16 bits per heavy atom. The molecule has 1 aliphatic rings. The second kappa shape index (κ2) is 3.96. The lowest BCUT2D eigenvalue weighted by Crippen LogP contribution is -2.39. The first-order chi connectivity index (χ1) is 8.96. The van der Waals surface area contributed by atoms with E-state index in [-0.39, 0.29) is 11.5 Å². The SMILES string of the molecule is Nc1ccc2[nH]cc(S(=O)(=O)NC3(CO)CC3)c2c1. The van der Waals surface area contributed by atoms with Gasteiger partial charge in [-0.3, -0.25) is 0 Å². The van der Waals surface area contributed by atoms with Crippen LogP contribution in [0.2, 0.25) is 0 Å². The summed E-state index contributed by atoms with van der Waals surface area (Å²) in [5, 5.41) is 9.78. The van der Waals surface area contributed by atoms with Gasteiger partial charge in [0.1, 0.15) is 4.90 Å². The van der Waals surface area contributed by atoms with Crippen LogP contribution in [-0.2, 0) is 10.0 Å². The third-order valence-corrected chi connectivity index (χ3v) is 5.08. The van der Waals surface area contributed by atoms with E-state index in [2.05, 4.69) is 9.71 Å². The molecule has 0 atom stereocenters. The van der Waals surface area contributed by atoms with Crippen molar-refractivity contribution in [1.82, 2.24) is 9.71 Å². The fraction of sp³-hybridized carbons (Fsp3) is 0.333. The largest absolute Gasteiger partial charge is 0.399 e. The first kappa shape index (κ1) is 12.5. The van der Waals surface area contributed by atoms with E-state index in [1.807, 2.05) is 0 Å². The Balaban J connectivity index is 2.06. The van der Waals surface area contributed by atoms with Crippen molar-refractivity contribution in [1.29, 1.82) is 0 Å². The number of aromatic amines is 1. The highest BCUT2D eigenvalue weighted by molar-refractivity contribution is 7.89. The number of benzene rings is 1. The maximum atomic E-state index is 12.4. The van der Waals surface area contributed by atoms with E-state index >= 15 is 0 Å². The highest BCUT2D eigenvalue weighted by Crippen LogP contribution is 2.37. The van der Waals surface area contributed by atoms with Crippen LogP contribution in [-0.4, -0.2) is 30.7 Å². The van der Waals surface area contributed by atoms with Crippen LogP contribution in [0.3, 0.4) is 0 Å². The number of nitrogens with two attached hydrogens (primary N) is 1. The van der Waals surface area contributed by atoms with Gasteiger partial charge in [0.05, 0.1) is 12.1 Å². The van der Waals surface area contributed by atoms with Crippen LogP contribution in [0.1, 0.15) is 12.8 Å². The van der Waals surface area contributed by atoms with Crippen molar-refractivity contribution in [3.63, 3.8) is 0 Å². The Labute approximate surface area is 110 Å². The summed E-state index contributed by atoms with van der Waals surface area (Å²) >= 11 is 0. The number of sulfonamides is 1. The van der Waals surface area contributed by atoms with Crippen LogP contribution in [0.4, 0.5) is 5.69 Å². The summed E-state index contributed by atoms with van der Waals surface area (Å²) in [5.41, 5.74) is 6.23. The van der Waals surface area contributed by atoms with Gasteiger partial charge in [-0.15, -0.1) is 0 Å². The number of nitrogen functional groups attached to an aromatic ring is 1. The lowest BCUT2D eigenvalue weighted by Gasteiger charge is -2.14. The van der Waals surface area contributed by atoms with E-state index in [1.54, 1.807) is 18.2 Å². The number of aliphatic hydroxyl groups is 1. The van der Waals surface area contributed by atoms with Crippen LogP contribution < -0.4 is 10.5 Å². The van der Waals surface area contributed by atoms with Crippen molar-refractivity contribution >= 4 is 26.6 Å². The standard InChI is InChI=1S/C12H15N3O3S/c13-8-1-2-10-9(5-8)11(6-14-10)19(17,18)15-12(7-16)3-4-12/h1-2,5-6,14-16H,3-4,7,13H2. The zero-order chi connectivity index (χ0) is 13.7. The molecule has 5 N–H and O–H groups in total. The number of anilines is 1. The van der Waals surface area contributed by atoms with E-state index in [0.717, 1.165) is 0 Å². The van der Waals surface area contributed by atoms with Crippen LogP contribution >= 0.6 is 0 Å². The Kier molecular flexibility index (Phi) is 2.60. The minimum absolute atomic E-state index is 0.162. The highest BCUT2D eigenvalue weighted by atomic mass is 32.2. The lowest BCUT2D eigenvalue weighted by molar-refractivity contribution is 0.246. The van der Waals surface area contributed by atoms with E-state index in [4.69, 9.17) is 5.73 Å². The quantitative estimate of drug-likeness (QED) is 0.614. The molecular weight excluding hydrogens is 266 g/mol. The number of aliphatic hydroxyl groups excluding tert-OH is 1. The number of rotatable bonds is 4. The van der Waals surface area contributed by atoms with Gasteiger partial charge in [-0.1, -0.05) is 0 Å². The van der Waals surface area contributed by atoms with Crippen molar-refractivity contribution < 1.29 is 13.5 Å². The number of fused-ring (bicyclic) bond motifs is 1.